The number of aromatic nitrogens is 1. The predicted octanol–water partition coefficient (Wildman–Crippen LogP) is 0.785. The van der Waals surface area contributed by atoms with Crippen LogP contribution < -0.4 is 9.46 Å². The third-order valence-electron chi connectivity index (χ3n) is 2.25. The van der Waals surface area contributed by atoms with Crippen molar-refractivity contribution in [1.82, 2.24) is 4.98 Å². The third kappa shape index (κ3) is 5.12. The zero-order valence-corrected chi connectivity index (χ0v) is 11.6. The van der Waals surface area contributed by atoms with Gasteiger partial charge in [0.2, 0.25) is 15.9 Å². The van der Waals surface area contributed by atoms with E-state index in [2.05, 4.69) is 14.4 Å². The Bertz CT molecular complexity index is 530. The first-order valence-corrected chi connectivity index (χ1v) is 7.20. The zero-order chi connectivity index (χ0) is 14.3. The molecule has 0 aliphatic rings. The molecule has 0 aliphatic heterocycles. The van der Waals surface area contributed by atoms with Crippen LogP contribution >= 0.6 is 0 Å². The van der Waals surface area contributed by atoms with Gasteiger partial charge < -0.3 is 9.47 Å². The summed E-state index contributed by atoms with van der Waals surface area (Å²) in [5.41, 5.74) is 0.267. The molecule has 1 N–H and O–H groups in total. The number of methoxy groups -OCH3 is 2. The maximum absolute atomic E-state index is 11.8. The van der Waals surface area contributed by atoms with Gasteiger partial charge in [-0.05, 0) is 18.6 Å². The van der Waals surface area contributed by atoms with Crippen molar-refractivity contribution < 1.29 is 22.7 Å². The molecule has 0 aliphatic carbocycles. The molecule has 0 aromatic carbocycles. The predicted molar refractivity (Wildman–Crippen MR) is 69.4 cm³/mol. The van der Waals surface area contributed by atoms with Crippen LogP contribution in [0.2, 0.25) is 0 Å². The van der Waals surface area contributed by atoms with Crippen molar-refractivity contribution in [3.8, 4) is 5.88 Å². The standard InChI is InChI=1S/C11H16N2O5S/c1-17-10(14)6-4-8-19(15,16)13-9-5-3-7-12-11(9)18-2/h3,5,7,13H,4,6,8H2,1-2H3. The van der Waals surface area contributed by atoms with E-state index < -0.39 is 16.0 Å². The minimum atomic E-state index is -3.55. The number of sulfonamides is 1. The summed E-state index contributed by atoms with van der Waals surface area (Å²) in [4.78, 5) is 14.8. The normalized spacial score (nSPS) is 10.8. The lowest BCUT2D eigenvalue weighted by molar-refractivity contribution is -0.140. The van der Waals surface area contributed by atoms with Crippen molar-refractivity contribution >= 4 is 21.7 Å². The summed E-state index contributed by atoms with van der Waals surface area (Å²) < 4.78 is 35.3. The Balaban J connectivity index is 2.61. The first-order chi connectivity index (χ1) is 8.98. The van der Waals surface area contributed by atoms with Crippen LogP contribution in [-0.4, -0.2) is 39.3 Å². The second-order valence-electron chi connectivity index (χ2n) is 3.66. The van der Waals surface area contributed by atoms with Crippen LogP contribution in [0.15, 0.2) is 18.3 Å². The number of rotatable bonds is 7. The fourth-order valence-electron chi connectivity index (χ4n) is 1.36. The number of anilines is 1. The lowest BCUT2D eigenvalue weighted by Gasteiger charge is -2.10. The van der Waals surface area contributed by atoms with Crippen LogP contribution in [0.4, 0.5) is 5.69 Å². The summed E-state index contributed by atoms with van der Waals surface area (Å²) in [7, 11) is -0.889. The summed E-state index contributed by atoms with van der Waals surface area (Å²) in [5, 5.41) is 0. The minimum Gasteiger partial charge on any atom is -0.480 e. The number of ether oxygens (including phenoxy) is 2. The molecule has 1 aromatic rings. The Morgan fingerprint density at radius 2 is 2.16 bits per heavy atom. The number of nitrogens with zero attached hydrogens (tertiary/aromatic N) is 1. The monoisotopic (exact) mass is 288 g/mol. The summed E-state index contributed by atoms with van der Waals surface area (Å²) in [5.74, 6) is -0.423. The highest BCUT2D eigenvalue weighted by atomic mass is 32.2. The topological polar surface area (TPSA) is 94.6 Å². The van der Waals surface area contributed by atoms with E-state index >= 15 is 0 Å². The van der Waals surface area contributed by atoms with E-state index in [4.69, 9.17) is 4.74 Å². The van der Waals surface area contributed by atoms with Gasteiger partial charge in [-0.25, -0.2) is 13.4 Å². The molecule has 1 heterocycles. The van der Waals surface area contributed by atoms with E-state index in [1.165, 1.54) is 20.4 Å². The SMILES string of the molecule is COC(=O)CCCS(=O)(=O)Nc1cccnc1OC. The van der Waals surface area contributed by atoms with Crippen molar-refractivity contribution in [2.45, 2.75) is 12.8 Å². The summed E-state index contributed by atoms with van der Waals surface area (Å²) in [6.45, 7) is 0. The van der Waals surface area contributed by atoms with Crippen LogP contribution in [0.5, 0.6) is 5.88 Å². The van der Waals surface area contributed by atoms with Crippen LogP contribution in [0.3, 0.4) is 0 Å². The molecule has 0 fully saturated rings. The number of pyridine rings is 1. The van der Waals surface area contributed by atoms with Crippen molar-refractivity contribution in [2.24, 2.45) is 0 Å². The van der Waals surface area contributed by atoms with Crippen LogP contribution in [-0.2, 0) is 19.6 Å². The first kappa shape index (κ1) is 15.2. The summed E-state index contributed by atoms with van der Waals surface area (Å²) in [6.07, 6.45) is 1.74. The Labute approximate surface area is 112 Å². The summed E-state index contributed by atoms with van der Waals surface area (Å²) >= 11 is 0. The van der Waals surface area contributed by atoms with Gasteiger partial charge in [0.05, 0.1) is 20.0 Å². The fourth-order valence-corrected chi connectivity index (χ4v) is 2.48. The number of esters is 1. The van der Waals surface area contributed by atoms with E-state index in [1.54, 1.807) is 12.1 Å². The van der Waals surface area contributed by atoms with Crippen LogP contribution in [0.25, 0.3) is 0 Å². The molecular formula is C11H16N2O5S. The largest absolute Gasteiger partial charge is 0.480 e. The van der Waals surface area contributed by atoms with Gasteiger partial charge in [0, 0.05) is 12.6 Å². The van der Waals surface area contributed by atoms with Crippen molar-refractivity contribution in [2.75, 3.05) is 24.7 Å². The fraction of sp³-hybridized carbons (Fsp3) is 0.455. The molecule has 0 bridgehead atoms. The molecule has 0 atom stereocenters. The lowest BCUT2D eigenvalue weighted by Crippen LogP contribution is -2.18. The average Bonchev–Trinajstić information content (AvgIpc) is 2.38. The van der Waals surface area contributed by atoms with Crippen molar-refractivity contribution in [3.63, 3.8) is 0 Å². The Hall–Kier alpha value is -1.83. The van der Waals surface area contributed by atoms with Gasteiger partial charge in [0.25, 0.3) is 0 Å². The zero-order valence-electron chi connectivity index (χ0n) is 10.8. The number of carbonyl (C=O) groups is 1. The van der Waals surface area contributed by atoms with Gasteiger partial charge in [-0.15, -0.1) is 0 Å². The lowest BCUT2D eigenvalue weighted by atomic mass is 10.3. The maximum atomic E-state index is 11.8. The van der Waals surface area contributed by atoms with Gasteiger partial charge in [-0.3, -0.25) is 9.52 Å². The molecule has 0 amide bonds. The van der Waals surface area contributed by atoms with E-state index in [-0.39, 0.29) is 30.2 Å². The number of hydrogen-bond acceptors (Lipinski definition) is 6. The maximum Gasteiger partial charge on any atom is 0.305 e. The molecule has 0 spiro atoms. The first-order valence-electron chi connectivity index (χ1n) is 5.55. The van der Waals surface area contributed by atoms with E-state index in [1.807, 2.05) is 0 Å². The molecule has 19 heavy (non-hydrogen) atoms. The second kappa shape index (κ2) is 6.93. The Kier molecular flexibility index (Phi) is 5.56. The van der Waals surface area contributed by atoms with E-state index in [0.29, 0.717) is 0 Å². The minimum absolute atomic E-state index is 0.0571. The van der Waals surface area contributed by atoms with Gasteiger partial charge in [0.1, 0.15) is 5.69 Å². The highest BCUT2D eigenvalue weighted by Crippen LogP contribution is 2.21. The summed E-state index contributed by atoms with van der Waals surface area (Å²) in [6, 6.07) is 3.14. The molecule has 0 radical (unpaired) electrons. The molecule has 0 saturated heterocycles. The molecule has 0 saturated carbocycles. The third-order valence-corrected chi connectivity index (χ3v) is 3.61. The average molecular weight is 288 g/mol. The molecule has 1 aromatic heterocycles. The number of carbonyl (C=O) groups excluding carboxylic acids is 1. The Morgan fingerprint density at radius 3 is 2.79 bits per heavy atom. The van der Waals surface area contributed by atoms with E-state index in [9.17, 15) is 13.2 Å². The second-order valence-corrected chi connectivity index (χ2v) is 5.50. The molecule has 1 rings (SSSR count). The van der Waals surface area contributed by atoms with Gasteiger partial charge >= 0.3 is 5.97 Å². The molecule has 8 heteroatoms. The highest BCUT2D eigenvalue weighted by molar-refractivity contribution is 7.92. The smallest absolute Gasteiger partial charge is 0.305 e. The quantitative estimate of drug-likeness (QED) is 0.745. The van der Waals surface area contributed by atoms with Crippen molar-refractivity contribution in [1.29, 1.82) is 0 Å². The van der Waals surface area contributed by atoms with Gasteiger partial charge in [0.15, 0.2) is 0 Å². The molecular weight excluding hydrogens is 272 g/mol. The van der Waals surface area contributed by atoms with Crippen LogP contribution in [0.1, 0.15) is 12.8 Å². The number of hydrogen-bond donors (Lipinski definition) is 1. The highest BCUT2D eigenvalue weighted by Gasteiger charge is 2.14. The van der Waals surface area contributed by atoms with Gasteiger partial charge in [-0.2, -0.15) is 0 Å². The van der Waals surface area contributed by atoms with Gasteiger partial charge in [-0.1, -0.05) is 0 Å². The van der Waals surface area contributed by atoms with Crippen molar-refractivity contribution in [3.05, 3.63) is 18.3 Å². The molecule has 0 unspecified atom stereocenters. The number of nitrogens with one attached hydrogen (secondary N) is 1. The Morgan fingerprint density at radius 1 is 1.42 bits per heavy atom. The van der Waals surface area contributed by atoms with Crippen LogP contribution in [0, 0.1) is 0 Å². The molecule has 106 valence electrons. The molecule has 7 nitrogen and oxygen atoms in total. The van der Waals surface area contributed by atoms with E-state index in [0.717, 1.165) is 0 Å².